The fourth-order valence-electron chi connectivity index (χ4n) is 7.06. The Kier molecular flexibility index (Phi) is 5.76. The fraction of sp³-hybridized carbons (Fsp3) is 0.0233. The fourth-order valence-corrected chi connectivity index (χ4v) is 7.06. The van der Waals surface area contributed by atoms with E-state index in [2.05, 4.69) is 180 Å². The Morgan fingerprint density at radius 3 is 1.53 bits per heavy atom. The van der Waals surface area contributed by atoms with Gasteiger partial charge in [0.2, 0.25) is 0 Å². The lowest BCUT2D eigenvalue weighted by Crippen LogP contribution is -1.94. The van der Waals surface area contributed by atoms with Gasteiger partial charge in [-0.25, -0.2) is 0 Å². The van der Waals surface area contributed by atoms with Gasteiger partial charge in [-0.3, -0.25) is 0 Å². The number of aryl methyl sites for hydroxylation is 1. The number of hydrogen-bond donors (Lipinski definition) is 0. The molecule has 0 amide bonds. The molecule has 2 aromatic heterocycles. The van der Waals surface area contributed by atoms with Crippen LogP contribution >= 0.6 is 0 Å². The third kappa shape index (κ3) is 4.11. The lowest BCUT2D eigenvalue weighted by molar-refractivity contribution is 1.18. The molecule has 0 atom stereocenters. The third-order valence-corrected chi connectivity index (χ3v) is 9.15. The van der Waals surface area contributed by atoms with Crippen LogP contribution in [0.25, 0.3) is 77.2 Å². The van der Waals surface area contributed by atoms with E-state index < -0.39 is 0 Å². The molecule has 2 heterocycles. The zero-order chi connectivity index (χ0) is 29.9. The van der Waals surface area contributed by atoms with Gasteiger partial charge in [-0.15, -0.1) is 0 Å². The van der Waals surface area contributed by atoms with Gasteiger partial charge in [-0.05, 0) is 95.9 Å². The quantitative estimate of drug-likeness (QED) is 0.198. The second-order valence-corrected chi connectivity index (χ2v) is 11.9. The summed E-state index contributed by atoms with van der Waals surface area (Å²) in [5.74, 6) is 0. The highest BCUT2D eigenvalue weighted by atomic mass is 15.0. The Morgan fingerprint density at radius 1 is 0.311 bits per heavy atom. The first-order valence-electron chi connectivity index (χ1n) is 15.5. The number of rotatable bonds is 4. The van der Waals surface area contributed by atoms with E-state index in [1.54, 1.807) is 0 Å². The van der Waals surface area contributed by atoms with E-state index in [4.69, 9.17) is 0 Å². The number of nitrogens with zero attached hydrogens (tertiary/aromatic N) is 2. The molecule has 0 fully saturated rings. The van der Waals surface area contributed by atoms with Crippen molar-refractivity contribution in [3.8, 4) is 33.6 Å². The van der Waals surface area contributed by atoms with Gasteiger partial charge >= 0.3 is 0 Å². The first kappa shape index (κ1) is 25.6. The van der Waals surface area contributed by atoms with Crippen molar-refractivity contribution in [2.75, 3.05) is 0 Å². The second-order valence-electron chi connectivity index (χ2n) is 11.9. The summed E-state index contributed by atoms with van der Waals surface area (Å²) in [7, 11) is 0. The normalized spacial score (nSPS) is 11.7. The minimum absolute atomic E-state index is 1.17. The molecule has 0 N–H and O–H groups in total. The summed E-state index contributed by atoms with van der Waals surface area (Å²) in [5, 5.41) is 5.08. The van der Waals surface area contributed by atoms with Crippen LogP contribution in [-0.4, -0.2) is 9.13 Å². The molecule has 45 heavy (non-hydrogen) atoms. The standard InChI is InChI=1S/C43H30N2/c1-29-19-22-41-37(25-29)39-28-33(21-24-43(39)45(41)35-16-10-13-31(26-35)30-11-4-2-5-12-30)32-20-23-42-38(27-32)36-17-8-9-18-40(36)44(42)34-14-6-3-7-15-34/h2-28H,1H3. The van der Waals surface area contributed by atoms with Gasteiger partial charge in [0.15, 0.2) is 0 Å². The molecule has 7 aromatic carbocycles. The van der Waals surface area contributed by atoms with E-state index >= 15 is 0 Å². The van der Waals surface area contributed by atoms with Crippen molar-refractivity contribution in [3.05, 3.63) is 169 Å². The molecular weight excluding hydrogens is 544 g/mol. The van der Waals surface area contributed by atoms with Crippen molar-refractivity contribution in [1.29, 1.82) is 0 Å². The maximum absolute atomic E-state index is 2.41. The van der Waals surface area contributed by atoms with Crippen LogP contribution in [0, 0.1) is 6.92 Å². The van der Waals surface area contributed by atoms with Gasteiger partial charge in [-0.1, -0.05) is 103 Å². The lowest BCUT2D eigenvalue weighted by atomic mass is 10.0. The summed E-state index contributed by atoms with van der Waals surface area (Å²) >= 11 is 0. The van der Waals surface area contributed by atoms with Crippen LogP contribution in [0.2, 0.25) is 0 Å². The molecule has 9 rings (SSSR count). The minimum Gasteiger partial charge on any atom is -0.309 e. The molecule has 0 aliphatic carbocycles. The van der Waals surface area contributed by atoms with E-state index in [-0.39, 0.29) is 0 Å². The molecule has 0 radical (unpaired) electrons. The molecule has 0 aliphatic heterocycles. The van der Waals surface area contributed by atoms with E-state index in [1.165, 1.54) is 82.8 Å². The summed E-state index contributed by atoms with van der Waals surface area (Å²) in [6.45, 7) is 2.18. The number of aromatic nitrogens is 2. The van der Waals surface area contributed by atoms with E-state index in [9.17, 15) is 0 Å². The van der Waals surface area contributed by atoms with Crippen molar-refractivity contribution in [3.63, 3.8) is 0 Å². The summed E-state index contributed by atoms with van der Waals surface area (Å²) < 4.78 is 4.79. The SMILES string of the molecule is Cc1ccc2c(c1)c1cc(-c3ccc4c(c3)c3ccccc3n4-c3ccccc3)ccc1n2-c1cccc(-c2ccccc2)c1. The molecule has 0 unspecified atom stereocenters. The lowest BCUT2D eigenvalue weighted by Gasteiger charge is -2.11. The maximum atomic E-state index is 2.41. The Hall–Kier alpha value is -5.86. The molecule has 0 saturated carbocycles. The van der Waals surface area contributed by atoms with Crippen molar-refractivity contribution >= 4 is 43.6 Å². The zero-order valence-electron chi connectivity index (χ0n) is 25.0. The Morgan fingerprint density at radius 2 is 0.800 bits per heavy atom. The number of para-hydroxylation sites is 2. The molecule has 0 bridgehead atoms. The molecular formula is C43H30N2. The topological polar surface area (TPSA) is 9.86 Å². The van der Waals surface area contributed by atoms with Crippen molar-refractivity contribution in [1.82, 2.24) is 9.13 Å². The summed E-state index contributed by atoms with van der Waals surface area (Å²) in [6.07, 6.45) is 0. The minimum atomic E-state index is 1.17. The van der Waals surface area contributed by atoms with E-state index in [1.807, 2.05) is 0 Å². The van der Waals surface area contributed by atoms with Crippen LogP contribution in [0.4, 0.5) is 0 Å². The number of benzene rings is 7. The maximum Gasteiger partial charge on any atom is 0.0541 e. The first-order valence-corrected chi connectivity index (χ1v) is 15.5. The Balaban J connectivity index is 1.24. The smallest absolute Gasteiger partial charge is 0.0541 e. The van der Waals surface area contributed by atoms with Gasteiger partial charge in [0.25, 0.3) is 0 Å². The predicted octanol–water partition coefficient (Wildman–Crippen LogP) is 11.5. The van der Waals surface area contributed by atoms with Crippen molar-refractivity contribution < 1.29 is 0 Å². The third-order valence-electron chi connectivity index (χ3n) is 9.15. The molecule has 0 spiro atoms. The van der Waals surface area contributed by atoms with Crippen LogP contribution in [0.3, 0.4) is 0 Å². The summed E-state index contributed by atoms with van der Waals surface area (Å²) in [4.78, 5) is 0. The van der Waals surface area contributed by atoms with Crippen LogP contribution in [0.5, 0.6) is 0 Å². The van der Waals surface area contributed by atoms with Crippen LogP contribution in [0.1, 0.15) is 5.56 Å². The van der Waals surface area contributed by atoms with Crippen LogP contribution in [0.15, 0.2) is 164 Å². The Labute approximate surface area is 262 Å². The largest absolute Gasteiger partial charge is 0.309 e. The molecule has 9 aromatic rings. The van der Waals surface area contributed by atoms with Gasteiger partial charge in [0.05, 0.1) is 22.1 Å². The highest BCUT2D eigenvalue weighted by molar-refractivity contribution is 6.12. The average molecular weight is 575 g/mol. The van der Waals surface area contributed by atoms with Crippen molar-refractivity contribution in [2.45, 2.75) is 6.92 Å². The Bertz CT molecular complexity index is 2530. The van der Waals surface area contributed by atoms with Gasteiger partial charge in [0.1, 0.15) is 0 Å². The molecule has 2 heteroatoms. The van der Waals surface area contributed by atoms with Gasteiger partial charge in [-0.2, -0.15) is 0 Å². The molecule has 0 saturated heterocycles. The van der Waals surface area contributed by atoms with Crippen LogP contribution < -0.4 is 0 Å². The molecule has 2 nitrogen and oxygen atoms in total. The second kappa shape index (κ2) is 10.1. The first-order chi connectivity index (χ1) is 22.2. The van der Waals surface area contributed by atoms with E-state index in [0.29, 0.717) is 0 Å². The molecule has 212 valence electrons. The summed E-state index contributed by atoms with van der Waals surface area (Å²) in [6, 6.07) is 59.6. The highest BCUT2D eigenvalue weighted by Crippen LogP contribution is 2.38. The monoisotopic (exact) mass is 574 g/mol. The highest BCUT2D eigenvalue weighted by Gasteiger charge is 2.16. The van der Waals surface area contributed by atoms with Gasteiger partial charge < -0.3 is 9.13 Å². The van der Waals surface area contributed by atoms with Crippen LogP contribution in [-0.2, 0) is 0 Å². The molecule has 0 aliphatic rings. The number of hydrogen-bond acceptors (Lipinski definition) is 0. The number of fused-ring (bicyclic) bond motifs is 6. The average Bonchev–Trinajstić information content (AvgIpc) is 3.61. The van der Waals surface area contributed by atoms with Crippen molar-refractivity contribution in [2.24, 2.45) is 0 Å². The predicted molar refractivity (Wildman–Crippen MR) is 191 cm³/mol. The van der Waals surface area contributed by atoms with E-state index in [0.717, 1.165) is 0 Å². The summed E-state index contributed by atoms with van der Waals surface area (Å²) in [5.41, 5.74) is 13.4. The van der Waals surface area contributed by atoms with Gasteiger partial charge in [0, 0.05) is 32.9 Å². The zero-order valence-corrected chi connectivity index (χ0v) is 25.0.